The average Bonchev–Trinajstić information content (AvgIpc) is 3.29. The van der Waals surface area contributed by atoms with Gasteiger partial charge in [-0.1, -0.05) is 76.8 Å². The van der Waals surface area contributed by atoms with Crippen molar-refractivity contribution in [1.29, 1.82) is 0 Å². The molecule has 0 aromatic carbocycles. The maximum Gasteiger partial charge on any atom is 0.0852 e. The molecule has 6 atom stereocenters. The Bertz CT molecular complexity index is 736. The van der Waals surface area contributed by atoms with Crippen LogP contribution in [0.2, 0.25) is 0 Å². The fraction of sp³-hybridized carbons (Fsp3) is 0.793. The maximum atomic E-state index is 10.5. The number of aliphatic hydroxyl groups excluding tert-OH is 1. The van der Waals surface area contributed by atoms with Crippen LogP contribution in [-0.4, -0.2) is 23.9 Å². The van der Waals surface area contributed by atoms with Gasteiger partial charge in [0.25, 0.3) is 0 Å². The van der Waals surface area contributed by atoms with E-state index in [4.69, 9.17) is 4.74 Å². The maximum absolute atomic E-state index is 10.5. The molecule has 0 saturated heterocycles. The van der Waals surface area contributed by atoms with E-state index in [-0.39, 0.29) is 12.2 Å². The summed E-state index contributed by atoms with van der Waals surface area (Å²) >= 11 is 0. The molecule has 2 heteroatoms. The van der Waals surface area contributed by atoms with Crippen LogP contribution >= 0.6 is 0 Å². The monoisotopic (exact) mass is 426 g/mol. The minimum Gasteiger partial charge on any atom is -0.388 e. The quantitative estimate of drug-likeness (QED) is 0.464. The molecule has 1 N–H and O–H groups in total. The van der Waals surface area contributed by atoms with Crippen LogP contribution in [0.15, 0.2) is 34.9 Å². The molecule has 0 aromatic rings. The van der Waals surface area contributed by atoms with E-state index in [1.54, 1.807) is 5.57 Å². The molecule has 1 aliphatic heterocycles. The summed E-state index contributed by atoms with van der Waals surface area (Å²) in [6.45, 7) is 12.9. The summed E-state index contributed by atoms with van der Waals surface area (Å²) < 4.78 is 5.81. The van der Waals surface area contributed by atoms with Gasteiger partial charge in [0.15, 0.2) is 0 Å². The van der Waals surface area contributed by atoms with Crippen molar-refractivity contribution in [3.63, 3.8) is 0 Å². The Balaban J connectivity index is 1.42. The SMILES string of the molecule is C[C@H](CCCC(C)(C)C)C1CCC2/C(=C/C=C3/C[C@@H](O)C4=CCO[C@@H]4C3)CCC[C@@]21C. The number of fused-ring (bicyclic) bond motifs is 2. The smallest absolute Gasteiger partial charge is 0.0852 e. The predicted octanol–water partition coefficient (Wildman–Crippen LogP) is 7.39. The second kappa shape index (κ2) is 9.18. The molecular weight excluding hydrogens is 380 g/mol. The zero-order valence-electron chi connectivity index (χ0n) is 20.8. The van der Waals surface area contributed by atoms with Gasteiger partial charge in [0, 0.05) is 0 Å². The minimum atomic E-state index is -0.340. The van der Waals surface area contributed by atoms with E-state index in [1.165, 1.54) is 56.9 Å². The molecular formula is C29H46O2. The van der Waals surface area contributed by atoms with Gasteiger partial charge in [0.1, 0.15) is 0 Å². The van der Waals surface area contributed by atoms with Crippen LogP contribution in [0.25, 0.3) is 0 Å². The molecule has 3 aliphatic carbocycles. The first-order chi connectivity index (χ1) is 14.7. The first kappa shape index (κ1) is 23.3. The van der Waals surface area contributed by atoms with Crippen molar-refractivity contribution in [3.05, 3.63) is 34.9 Å². The summed E-state index contributed by atoms with van der Waals surface area (Å²) in [4.78, 5) is 0. The Morgan fingerprint density at radius 1 is 1.23 bits per heavy atom. The van der Waals surface area contributed by atoms with Crippen LogP contribution in [0.5, 0.6) is 0 Å². The molecule has 2 nitrogen and oxygen atoms in total. The zero-order valence-corrected chi connectivity index (χ0v) is 20.8. The Labute approximate surface area is 191 Å². The van der Waals surface area contributed by atoms with Crippen molar-refractivity contribution in [2.75, 3.05) is 6.61 Å². The van der Waals surface area contributed by atoms with Crippen molar-refractivity contribution in [1.82, 2.24) is 0 Å². The van der Waals surface area contributed by atoms with E-state index in [9.17, 15) is 5.11 Å². The largest absolute Gasteiger partial charge is 0.388 e. The third-order valence-corrected chi connectivity index (χ3v) is 9.12. The number of allylic oxidation sites excluding steroid dienone is 3. The van der Waals surface area contributed by atoms with Gasteiger partial charge in [-0.2, -0.15) is 0 Å². The van der Waals surface area contributed by atoms with Crippen molar-refractivity contribution in [2.45, 2.75) is 111 Å². The lowest BCUT2D eigenvalue weighted by Crippen LogP contribution is -2.36. The summed E-state index contributed by atoms with van der Waals surface area (Å²) in [7, 11) is 0. The lowest BCUT2D eigenvalue weighted by molar-refractivity contribution is 0.0850. The fourth-order valence-corrected chi connectivity index (χ4v) is 7.43. The van der Waals surface area contributed by atoms with Crippen molar-refractivity contribution >= 4 is 0 Å². The van der Waals surface area contributed by atoms with Crippen molar-refractivity contribution in [2.24, 2.45) is 28.6 Å². The Morgan fingerprint density at radius 3 is 2.81 bits per heavy atom. The zero-order chi connectivity index (χ0) is 22.2. The molecule has 4 aliphatic rings. The highest BCUT2D eigenvalue weighted by Crippen LogP contribution is 2.60. The van der Waals surface area contributed by atoms with E-state index in [0.29, 0.717) is 17.4 Å². The van der Waals surface area contributed by atoms with Gasteiger partial charge in [-0.3, -0.25) is 0 Å². The third kappa shape index (κ3) is 5.06. The second-order valence-corrected chi connectivity index (χ2v) is 12.5. The molecule has 2 unspecified atom stereocenters. The van der Waals surface area contributed by atoms with Gasteiger partial charge in [-0.25, -0.2) is 0 Å². The summed E-state index contributed by atoms with van der Waals surface area (Å²) in [6.07, 6.45) is 19.3. The first-order valence-electron chi connectivity index (χ1n) is 13.1. The Hall–Kier alpha value is -0.860. The summed E-state index contributed by atoms with van der Waals surface area (Å²) in [6, 6.07) is 0. The molecule has 1 heterocycles. The summed E-state index contributed by atoms with van der Waals surface area (Å²) in [5.74, 6) is 2.48. The average molecular weight is 427 g/mol. The highest BCUT2D eigenvalue weighted by atomic mass is 16.5. The molecule has 3 fully saturated rings. The molecule has 0 bridgehead atoms. The molecule has 4 rings (SSSR count). The summed E-state index contributed by atoms with van der Waals surface area (Å²) in [5, 5.41) is 10.5. The van der Waals surface area contributed by atoms with E-state index in [0.717, 1.165) is 36.2 Å². The van der Waals surface area contributed by atoms with Gasteiger partial charge in [-0.15, -0.1) is 0 Å². The van der Waals surface area contributed by atoms with Crippen LogP contribution in [-0.2, 0) is 4.74 Å². The van der Waals surface area contributed by atoms with Crippen LogP contribution in [0.4, 0.5) is 0 Å². The van der Waals surface area contributed by atoms with Gasteiger partial charge in [-0.05, 0) is 85.5 Å². The van der Waals surface area contributed by atoms with E-state index < -0.39 is 0 Å². The van der Waals surface area contributed by atoms with Gasteiger partial charge in [0.2, 0.25) is 0 Å². The molecule has 0 spiro atoms. The molecule has 31 heavy (non-hydrogen) atoms. The Morgan fingerprint density at radius 2 is 2.03 bits per heavy atom. The van der Waals surface area contributed by atoms with Gasteiger partial charge >= 0.3 is 0 Å². The van der Waals surface area contributed by atoms with E-state index >= 15 is 0 Å². The Kier molecular flexibility index (Phi) is 6.90. The standard InChI is InChI=1S/C29H46O2/c1-20(8-6-15-28(2,3)4)24-12-13-25-22(9-7-16-29(24,25)5)11-10-21-18-26(30)23-14-17-31-27(23)19-21/h10-11,14,20,24-27,30H,6-9,12-13,15-19H2,1-5H3/b21-10-,22-11+/t20-,24?,25?,26-,27-,29-/m1/s1. The number of aliphatic hydroxyl groups is 1. The second-order valence-electron chi connectivity index (χ2n) is 12.5. The minimum absolute atomic E-state index is 0.120. The predicted molar refractivity (Wildman–Crippen MR) is 130 cm³/mol. The number of hydrogen-bond acceptors (Lipinski definition) is 2. The van der Waals surface area contributed by atoms with E-state index in [2.05, 4.69) is 52.8 Å². The van der Waals surface area contributed by atoms with Crippen molar-refractivity contribution in [3.8, 4) is 0 Å². The topological polar surface area (TPSA) is 29.5 Å². The number of rotatable bonds is 5. The third-order valence-electron chi connectivity index (χ3n) is 9.12. The normalized spacial score (nSPS) is 39.5. The number of ether oxygens (including phenoxy) is 1. The lowest BCUT2D eigenvalue weighted by atomic mass is 9.60. The lowest BCUT2D eigenvalue weighted by Gasteiger charge is -2.44. The molecule has 174 valence electrons. The highest BCUT2D eigenvalue weighted by Gasteiger charge is 2.50. The molecule has 0 radical (unpaired) electrons. The fourth-order valence-electron chi connectivity index (χ4n) is 7.43. The first-order valence-corrected chi connectivity index (χ1v) is 13.1. The molecule has 0 amide bonds. The van der Waals surface area contributed by atoms with Crippen LogP contribution in [0, 0.1) is 28.6 Å². The molecule has 3 saturated carbocycles. The van der Waals surface area contributed by atoms with E-state index in [1.807, 2.05) is 0 Å². The van der Waals surface area contributed by atoms with Crippen LogP contribution in [0.1, 0.15) is 98.8 Å². The number of hydrogen-bond donors (Lipinski definition) is 1. The summed E-state index contributed by atoms with van der Waals surface area (Å²) in [5.41, 5.74) is 5.12. The van der Waals surface area contributed by atoms with Gasteiger partial charge < -0.3 is 9.84 Å². The molecule has 0 aromatic heterocycles. The van der Waals surface area contributed by atoms with Crippen molar-refractivity contribution < 1.29 is 9.84 Å². The highest BCUT2D eigenvalue weighted by molar-refractivity contribution is 5.32. The van der Waals surface area contributed by atoms with Crippen LogP contribution < -0.4 is 0 Å². The van der Waals surface area contributed by atoms with Crippen LogP contribution in [0.3, 0.4) is 0 Å². The van der Waals surface area contributed by atoms with Gasteiger partial charge in [0.05, 0.1) is 18.8 Å².